The summed E-state index contributed by atoms with van der Waals surface area (Å²) in [5.74, 6) is 0. The predicted molar refractivity (Wildman–Crippen MR) is 79.4 cm³/mol. The van der Waals surface area contributed by atoms with Crippen molar-refractivity contribution in [3.63, 3.8) is 0 Å². The van der Waals surface area contributed by atoms with Crippen molar-refractivity contribution in [3.05, 3.63) is 65.8 Å². The van der Waals surface area contributed by atoms with Crippen LogP contribution in [0.2, 0.25) is 0 Å². The summed E-state index contributed by atoms with van der Waals surface area (Å²) in [7, 11) is -6.00. The van der Waals surface area contributed by atoms with Gasteiger partial charge in [0.2, 0.25) is 0 Å². The number of hydrogen-bond acceptors (Lipinski definition) is 0. The smallest absolute Gasteiger partial charge is 0.418 e. The van der Waals surface area contributed by atoms with Crippen LogP contribution in [0.3, 0.4) is 0 Å². The number of benzene rings is 2. The monoisotopic (exact) mass is 424 g/mol. The molecule has 0 atom stereocenters. The summed E-state index contributed by atoms with van der Waals surface area (Å²) in [6, 6.07) is 13.6. The molecule has 0 heterocycles. The van der Waals surface area contributed by atoms with Gasteiger partial charge in [-0.05, 0) is 39.8 Å². The first-order valence-corrected chi connectivity index (χ1v) is 8.88. The van der Waals surface area contributed by atoms with Gasteiger partial charge in [-0.15, -0.1) is 0 Å². The average molecular weight is 424 g/mol. The van der Waals surface area contributed by atoms with Gasteiger partial charge in [-0.1, -0.05) is 35.4 Å². The van der Waals surface area contributed by atoms with E-state index in [9.17, 15) is 17.3 Å². The van der Waals surface area contributed by atoms with Crippen LogP contribution in [0.5, 0.6) is 0 Å². The maximum Gasteiger partial charge on any atom is 0.673 e. The first-order chi connectivity index (χ1) is 10.1. The molecule has 0 bridgehead atoms. The highest BCUT2D eigenvalue weighted by atomic mass is 127. The summed E-state index contributed by atoms with van der Waals surface area (Å²) in [4.78, 5) is 0. The van der Waals surface area contributed by atoms with Crippen LogP contribution in [-0.4, -0.2) is 7.25 Å². The van der Waals surface area contributed by atoms with Crippen molar-refractivity contribution in [2.24, 2.45) is 0 Å². The van der Waals surface area contributed by atoms with Gasteiger partial charge in [-0.2, -0.15) is 0 Å². The average Bonchev–Trinajstić information content (AvgIpc) is 2.34. The minimum absolute atomic E-state index is 0.0403. The topological polar surface area (TPSA) is 0 Å². The Bertz CT molecular complexity index is 592. The van der Waals surface area contributed by atoms with E-state index < -0.39 is 7.25 Å². The Morgan fingerprint density at radius 1 is 0.727 bits per heavy atom. The molecule has 0 aliphatic heterocycles. The van der Waals surface area contributed by atoms with Crippen molar-refractivity contribution in [2.45, 2.75) is 27.7 Å². The molecule has 0 saturated heterocycles. The van der Waals surface area contributed by atoms with Gasteiger partial charge < -0.3 is 17.3 Å². The number of aryl methyl sites for hydroxylation is 4. The van der Waals surface area contributed by atoms with Crippen LogP contribution in [0, 0.1) is 34.8 Å². The van der Waals surface area contributed by atoms with E-state index in [1.807, 2.05) is 0 Å². The minimum atomic E-state index is -6.00. The quantitative estimate of drug-likeness (QED) is 0.395. The Kier molecular flexibility index (Phi) is 6.90. The van der Waals surface area contributed by atoms with E-state index in [-0.39, 0.29) is 21.2 Å². The fourth-order valence-electron chi connectivity index (χ4n) is 2.02. The molecule has 6 heteroatoms. The molecule has 0 fully saturated rings. The van der Waals surface area contributed by atoms with Crippen LogP contribution in [0.1, 0.15) is 22.3 Å². The number of rotatable bonds is 2. The Labute approximate surface area is 139 Å². The van der Waals surface area contributed by atoms with E-state index in [1.54, 1.807) is 3.57 Å². The maximum absolute atomic E-state index is 9.75. The molecule has 2 aromatic carbocycles. The molecular formula is C16H18BF4I. The summed E-state index contributed by atoms with van der Waals surface area (Å²) < 4.78 is 42.1. The van der Waals surface area contributed by atoms with Crippen molar-refractivity contribution in [1.82, 2.24) is 0 Å². The molecule has 0 aromatic heterocycles. The molecule has 120 valence electrons. The molecule has 22 heavy (non-hydrogen) atoms. The first-order valence-electron chi connectivity index (χ1n) is 6.73. The predicted octanol–water partition coefficient (Wildman–Crippen LogP) is 2.35. The summed E-state index contributed by atoms with van der Waals surface area (Å²) in [5, 5.41) is 0. The Morgan fingerprint density at radius 2 is 1.14 bits per heavy atom. The van der Waals surface area contributed by atoms with Crippen molar-refractivity contribution in [3.8, 4) is 0 Å². The molecule has 2 rings (SSSR count). The second-order valence-electron chi connectivity index (χ2n) is 5.10. The highest BCUT2D eigenvalue weighted by Crippen LogP contribution is 2.08. The lowest BCUT2D eigenvalue weighted by Crippen LogP contribution is -3.62. The van der Waals surface area contributed by atoms with Crippen LogP contribution < -0.4 is 21.2 Å². The molecule has 2 aromatic rings. The van der Waals surface area contributed by atoms with Crippen LogP contribution in [0.15, 0.2) is 36.4 Å². The van der Waals surface area contributed by atoms with Crippen LogP contribution >= 0.6 is 0 Å². The molecule has 0 saturated carbocycles. The van der Waals surface area contributed by atoms with E-state index in [1.165, 1.54) is 25.8 Å². The third-order valence-corrected chi connectivity index (χ3v) is 6.38. The van der Waals surface area contributed by atoms with Crippen LogP contribution in [0.25, 0.3) is 0 Å². The summed E-state index contributed by atoms with van der Waals surface area (Å²) >= 11 is -0.0403. The maximum atomic E-state index is 9.75. The van der Waals surface area contributed by atoms with E-state index in [0.717, 1.165) is 0 Å². The first kappa shape index (κ1) is 19.0. The molecule has 0 radical (unpaired) electrons. The van der Waals surface area contributed by atoms with E-state index in [2.05, 4.69) is 64.1 Å². The van der Waals surface area contributed by atoms with Gasteiger partial charge in [0, 0.05) is 11.1 Å². The van der Waals surface area contributed by atoms with Crippen molar-refractivity contribution in [2.75, 3.05) is 0 Å². The molecular weight excluding hydrogens is 406 g/mol. The lowest BCUT2D eigenvalue weighted by molar-refractivity contribution is -0.598. The largest absolute Gasteiger partial charge is 0.673 e. The molecule has 0 aliphatic rings. The standard InChI is InChI=1S/C16H18I.BF4/c1-11-5-7-15(8-6-11)17-16-13(3)9-12(2)10-14(16)4;2-1(3,4)5/h5-10H,1-4H3;/q+1;-1. The van der Waals surface area contributed by atoms with Gasteiger partial charge in [-0.25, -0.2) is 0 Å². The van der Waals surface area contributed by atoms with Gasteiger partial charge in [-0.3, -0.25) is 0 Å². The zero-order valence-corrected chi connectivity index (χ0v) is 15.1. The summed E-state index contributed by atoms with van der Waals surface area (Å²) in [5.41, 5.74) is 5.62. The van der Waals surface area contributed by atoms with Gasteiger partial charge >= 0.3 is 28.5 Å². The Balaban J connectivity index is 0.000000422. The van der Waals surface area contributed by atoms with Crippen molar-refractivity contribution < 1.29 is 38.5 Å². The number of halogens is 5. The van der Waals surface area contributed by atoms with Gasteiger partial charge in [0.25, 0.3) is 0 Å². The third-order valence-electron chi connectivity index (χ3n) is 2.80. The minimum Gasteiger partial charge on any atom is -0.418 e. The van der Waals surface area contributed by atoms with E-state index in [4.69, 9.17) is 0 Å². The summed E-state index contributed by atoms with van der Waals surface area (Å²) in [6.45, 7) is 8.80. The highest BCUT2D eigenvalue weighted by Gasteiger charge is 2.21. The summed E-state index contributed by atoms with van der Waals surface area (Å²) in [6.07, 6.45) is 0. The zero-order valence-electron chi connectivity index (χ0n) is 12.9. The SMILES string of the molecule is Cc1ccc([I+]c2c(C)cc(C)cc2C)cc1.F[B-](F)(F)F. The Hall–Kier alpha value is -1.05. The van der Waals surface area contributed by atoms with Gasteiger partial charge in [0.1, 0.15) is 0 Å². The Morgan fingerprint density at radius 3 is 1.55 bits per heavy atom. The van der Waals surface area contributed by atoms with Gasteiger partial charge in [0.05, 0.1) is 0 Å². The molecule has 0 unspecified atom stereocenters. The molecule has 0 nitrogen and oxygen atoms in total. The van der Waals surface area contributed by atoms with E-state index >= 15 is 0 Å². The highest BCUT2D eigenvalue weighted by molar-refractivity contribution is 6.50. The second-order valence-corrected chi connectivity index (χ2v) is 7.96. The third kappa shape index (κ3) is 7.29. The van der Waals surface area contributed by atoms with Gasteiger partial charge in [0.15, 0.2) is 7.14 Å². The van der Waals surface area contributed by atoms with Crippen LogP contribution in [-0.2, 0) is 0 Å². The lowest BCUT2D eigenvalue weighted by atomic mass is 10.1. The normalized spacial score (nSPS) is 10.9. The lowest BCUT2D eigenvalue weighted by Gasteiger charge is -2.00. The zero-order chi connectivity index (χ0) is 16.9. The van der Waals surface area contributed by atoms with Crippen LogP contribution in [0.4, 0.5) is 17.3 Å². The molecule has 0 amide bonds. The van der Waals surface area contributed by atoms with Crippen molar-refractivity contribution >= 4 is 7.25 Å². The van der Waals surface area contributed by atoms with Crippen molar-refractivity contribution in [1.29, 1.82) is 0 Å². The molecule has 0 spiro atoms. The number of hydrogen-bond donors (Lipinski definition) is 0. The molecule has 0 N–H and O–H groups in total. The second kappa shape index (κ2) is 7.99. The molecule has 0 aliphatic carbocycles. The van der Waals surface area contributed by atoms with E-state index in [0.29, 0.717) is 0 Å². The fourth-order valence-corrected chi connectivity index (χ4v) is 4.52. The fraction of sp³-hybridized carbons (Fsp3) is 0.250.